The van der Waals surface area contributed by atoms with Crippen molar-refractivity contribution in [3.63, 3.8) is 0 Å². The number of ether oxygens (including phenoxy) is 1. The molecule has 0 saturated heterocycles. The van der Waals surface area contributed by atoms with Crippen LogP contribution in [0.15, 0.2) is 12.1 Å². The van der Waals surface area contributed by atoms with Crippen LogP contribution in [0.25, 0.3) is 0 Å². The van der Waals surface area contributed by atoms with Crippen molar-refractivity contribution >= 4 is 11.6 Å². The molecule has 2 nitrogen and oxygen atoms in total. The van der Waals surface area contributed by atoms with E-state index in [4.69, 9.17) is 22.1 Å². The van der Waals surface area contributed by atoms with Crippen LogP contribution in [0.3, 0.4) is 0 Å². The number of hydrogen-bond donors (Lipinski definition) is 1. The molecule has 13 heavy (non-hydrogen) atoms. The van der Waals surface area contributed by atoms with Gasteiger partial charge in [-0.25, -0.2) is 4.39 Å². The maximum absolute atomic E-state index is 13.3. The third-order valence-electron chi connectivity index (χ3n) is 1.76. The summed E-state index contributed by atoms with van der Waals surface area (Å²) >= 11 is 5.63. The molecule has 0 aliphatic rings. The first-order valence-corrected chi connectivity index (χ1v) is 4.22. The van der Waals surface area contributed by atoms with Crippen molar-refractivity contribution in [2.45, 2.75) is 13.0 Å². The minimum atomic E-state index is -0.475. The molecule has 1 rings (SSSR count). The first-order chi connectivity index (χ1) is 6.06. The molecule has 1 aromatic rings. The van der Waals surface area contributed by atoms with Crippen molar-refractivity contribution in [3.8, 4) is 5.75 Å². The van der Waals surface area contributed by atoms with Crippen LogP contribution in [0.1, 0.15) is 18.5 Å². The molecule has 0 aliphatic heterocycles. The lowest BCUT2D eigenvalue weighted by Gasteiger charge is -2.10. The number of nitrogens with two attached hydrogens (primary N) is 1. The van der Waals surface area contributed by atoms with Gasteiger partial charge >= 0.3 is 0 Å². The SMILES string of the molecule is COc1cc(Cl)c(F)c(C(C)N)c1. The molecule has 4 heteroatoms. The van der Waals surface area contributed by atoms with Crippen LogP contribution in [0.2, 0.25) is 5.02 Å². The minimum Gasteiger partial charge on any atom is -0.497 e. The standard InChI is InChI=1S/C9H11ClFNO/c1-5(12)7-3-6(13-2)4-8(10)9(7)11/h3-5H,12H2,1-2H3. The second kappa shape index (κ2) is 3.94. The summed E-state index contributed by atoms with van der Waals surface area (Å²) < 4.78 is 18.2. The number of halogens is 2. The average Bonchev–Trinajstić information content (AvgIpc) is 2.09. The van der Waals surface area contributed by atoms with Gasteiger partial charge in [0.25, 0.3) is 0 Å². The zero-order valence-electron chi connectivity index (χ0n) is 7.47. The maximum Gasteiger partial charge on any atom is 0.146 e. The van der Waals surface area contributed by atoms with E-state index in [1.165, 1.54) is 13.2 Å². The second-order valence-electron chi connectivity index (χ2n) is 2.80. The first kappa shape index (κ1) is 10.3. The van der Waals surface area contributed by atoms with Gasteiger partial charge in [-0.2, -0.15) is 0 Å². The molecule has 1 atom stereocenters. The van der Waals surface area contributed by atoms with Gasteiger partial charge in [-0.15, -0.1) is 0 Å². The lowest BCUT2D eigenvalue weighted by molar-refractivity contribution is 0.412. The first-order valence-electron chi connectivity index (χ1n) is 3.84. The summed E-state index contributed by atoms with van der Waals surface area (Å²) in [5.41, 5.74) is 5.92. The Labute approximate surface area is 81.4 Å². The van der Waals surface area contributed by atoms with Crippen molar-refractivity contribution in [2.75, 3.05) is 7.11 Å². The summed E-state index contributed by atoms with van der Waals surface area (Å²) in [6, 6.07) is 2.57. The van der Waals surface area contributed by atoms with Gasteiger partial charge < -0.3 is 10.5 Å². The molecular formula is C9H11ClFNO. The normalized spacial score (nSPS) is 12.7. The largest absolute Gasteiger partial charge is 0.497 e. The zero-order chi connectivity index (χ0) is 10.0. The van der Waals surface area contributed by atoms with Crippen LogP contribution in [0, 0.1) is 5.82 Å². The highest BCUT2D eigenvalue weighted by Crippen LogP contribution is 2.27. The van der Waals surface area contributed by atoms with Crippen LogP contribution in [-0.2, 0) is 0 Å². The molecule has 0 bridgehead atoms. The van der Waals surface area contributed by atoms with Gasteiger partial charge in [0.15, 0.2) is 0 Å². The Morgan fingerprint density at radius 3 is 2.62 bits per heavy atom. The van der Waals surface area contributed by atoms with Crippen molar-refractivity contribution < 1.29 is 9.13 Å². The van der Waals surface area contributed by atoms with Crippen molar-refractivity contribution in [3.05, 3.63) is 28.5 Å². The smallest absolute Gasteiger partial charge is 0.146 e. The maximum atomic E-state index is 13.3. The van der Waals surface area contributed by atoms with Crippen LogP contribution < -0.4 is 10.5 Å². The van der Waals surface area contributed by atoms with Crippen LogP contribution in [0.4, 0.5) is 4.39 Å². The van der Waals surface area contributed by atoms with Gasteiger partial charge in [-0.05, 0) is 13.0 Å². The van der Waals surface area contributed by atoms with E-state index >= 15 is 0 Å². The molecule has 0 amide bonds. The van der Waals surface area contributed by atoms with E-state index in [1.54, 1.807) is 13.0 Å². The van der Waals surface area contributed by atoms with E-state index in [0.29, 0.717) is 11.3 Å². The van der Waals surface area contributed by atoms with E-state index in [9.17, 15) is 4.39 Å². The van der Waals surface area contributed by atoms with Gasteiger partial charge in [0.05, 0.1) is 12.1 Å². The summed E-state index contributed by atoms with van der Waals surface area (Å²) in [6.07, 6.45) is 0. The highest BCUT2D eigenvalue weighted by molar-refractivity contribution is 6.31. The third kappa shape index (κ3) is 2.11. The predicted octanol–water partition coefficient (Wildman–Crippen LogP) is 2.51. The second-order valence-corrected chi connectivity index (χ2v) is 3.21. The van der Waals surface area contributed by atoms with Gasteiger partial charge in [0.2, 0.25) is 0 Å². The Hall–Kier alpha value is -0.800. The summed E-state index contributed by atoms with van der Waals surface area (Å²) in [6.45, 7) is 1.69. The minimum absolute atomic E-state index is 0.0339. The van der Waals surface area contributed by atoms with E-state index in [2.05, 4.69) is 0 Å². The molecular weight excluding hydrogens is 193 g/mol. The topological polar surface area (TPSA) is 35.2 Å². The molecule has 72 valence electrons. The molecule has 2 N–H and O–H groups in total. The summed E-state index contributed by atoms with van der Waals surface area (Å²) in [7, 11) is 1.49. The quantitative estimate of drug-likeness (QED) is 0.802. The Morgan fingerprint density at radius 2 is 2.15 bits per heavy atom. The van der Waals surface area contributed by atoms with E-state index < -0.39 is 11.9 Å². The van der Waals surface area contributed by atoms with Crippen molar-refractivity contribution in [2.24, 2.45) is 5.73 Å². The lowest BCUT2D eigenvalue weighted by atomic mass is 10.1. The summed E-state index contributed by atoms with van der Waals surface area (Å²) in [4.78, 5) is 0. The third-order valence-corrected chi connectivity index (χ3v) is 2.03. The van der Waals surface area contributed by atoms with Crippen molar-refractivity contribution in [1.82, 2.24) is 0 Å². The molecule has 0 heterocycles. The highest BCUT2D eigenvalue weighted by atomic mass is 35.5. The lowest BCUT2D eigenvalue weighted by Crippen LogP contribution is -2.08. The van der Waals surface area contributed by atoms with Crippen LogP contribution in [-0.4, -0.2) is 7.11 Å². The number of methoxy groups -OCH3 is 1. The zero-order valence-corrected chi connectivity index (χ0v) is 8.23. The molecule has 0 aliphatic carbocycles. The Bertz CT molecular complexity index is 315. The Kier molecular flexibility index (Phi) is 3.12. The predicted molar refractivity (Wildman–Crippen MR) is 50.6 cm³/mol. The number of hydrogen-bond acceptors (Lipinski definition) is 2. The number of rotatable bonds is 2. The van der Waals surface area contributed by atoms with Gasteiger partial charge in [-0.1, -0.05) is 11.6 Å². The van der Waals surface area contributed by atoms with Crippen LogP contribution >= 0.6 is 11.6 Å². The summed E-state index contributed by atoms with van der Waals surface area (Å²) in [5.74, 6) is 0.0381. The van der Waals surface area contributed by atoms with Crippen molar-refractivity contribution in [1.29, 1.82) is 0 Å². The molecule has 1 aromatic carbocycles. The van der Waals surface area contributed by atoms with Crippen LogP contribution in [0.5, 0.6) is 5.75 Å². The molecule has 0 saturated carbocycles. The fourth-order valence-electron chi connectivity index (χ4n) is 1.03. The molecule has 0 radical (unpaired) electrons. The summed E-state index contributed by atoms with van der Waals surface area (Å²) in [5, 5.41) is 0.0339. The fraction of sp³-hybridized carbons (Fsp3) is 0.333. The molecule has 0 aromatic heterocycles. The van der Waals surface area contributed by atoms with Gasteiger partial charge in [0.1, 0.15) is 11.6 Å². The Morgan fingerprint density at radius 1 is 1.54 bits per heavy atom. The van der Waals surface area contributed by atoms with E-state index in [0.717, 1.165) is 0 Å². The monoisotopic (exact) mass is 203 g/mol. The van der Waals surface area contributed by atoms with Gasteiger partial charge in [-0.3, -0.25) is 0 Å². The fourth-order valence-corrected chi connectivity index (χ4v) is 1.25. The average molecular weight is 204 g/mol. The van der Waals surface area contributed by atoms with E-state index in [1.807, 2.05) is 0 Å². The highest BCUT2D eigenvalue weighted by Gasteiger charge is 2.12. The number of benzene rings is 1. The van der Waals surface area contributed by atoms with E-state index in [-0.39, 0.29) is 5.02 Å². The Balaban J connectivity index is 3.25. The molecule has 0 fully saturated rings. The molecule has 1 unspecified atom stereocenters. The van der Waals surface area contributed by atoms with Gasteiger partial charge in [0, 0.05) is 17.7 Å². The molecule has 0 spiro atoms.